The molecule has 6 heteroatoms. The molecule has 0 aliphatic heterocycles. The molecule has 1 aromatic rings. The third-order valence-corrected chi connectivity index (χ3v) is 3.86. The maximum Gasteiger partial charge on any atom is 0.178 e. The van der Waals surface area contributed by atoms with Gasteiger partial charge in [0, 0.05) is 5.02 Å². The third kappa shape index (κ3) is 4.38. The first-order chi connectivity index (χ1) is 6.56. The van der Waals surface area contributed by atoms with Crippen LogP contribution in [0.1, 0.15) is 6.42 Å². The first-order valence-electron chi connectivity index (χ1n) is 4.24. The zero-order valence-corrected chi connectivity index (χ0v) is 10.4. The van der Waals surface area contributed by atoms with Crippen molar-refractivity contribution in [2.24, 2.45) is 5.73 Å². The summed E-state index contributed by atoms with van der Waals surface area (Å²) >= 11 is 5.65. The molecule has 0 saturated heterocycles. The van der Waals surface area contributed by atoms with Crippen LogP contribution in [0, 0.1) is 0 Å². The van der Waals surface area contributed by atoms with Gasteiger partial charge in [0.2, 0.25) is 0 Å². The Morgan fingerprint density at radius 3 is 2.20 bits per heavy atom. The molecule has 0 amide bonds. The maximum absolute atomic E-state index is 11.6. The Balaban J connectivity index is 0.00000196. The maximum atomic E-state index is 11.6. The molecule has 86 valence electrons. The molecule has 0 bridgehead atoms. The van der Waals surface area contributed by atoms with E-state index in [1.165, 1.54) is 12.1 Å². The zero-order valence-electron chi connectivity index (χ0n) is 8.02. The van der Waals surface area contributed by atoms with Crippen LogP contribution < -0.4 is 5.73 Å². The minimum absolute atomic E-state index is 0. The first-order valence-corrected chi connectivity index (χ1v) is 6.27. The van der Waals surface area contributed by atoms with Gasteiger partial charge in [-0.3, -0.25) is 0 Å². The Kier molecular flexibility index (Phi) is 6.20. The normalized spacial score (nSPS) is 10.8. The molecule has 0 aliphatic carbocycles. The Hall–Kier alpha value is -0.290. The highest BCUT2D eigenvalue weighted by Gasteiger charge is 2.12. The van der Waals surface area contributed by atoms with E-state index in [0.717, 1.165) is 0 Å². The molecule has 0 radical (unpaired) electrons. The Labute approximate surface area is 101 Å². The molecule has 0 aromatic heterocycles. The van der Waals surface area contributed by atoms with Gasteiger partial charge in [-0.05, 0) is 37.2 Å². The lowest BCUT2D eigenvalue weighted by Gasteiger charge is -2.02. The molecule has 0 heterocycles. The summed E-state index contributed by atoms with van der Waals surface area (Å²) in [5.74, 6) is 0.0884. The van der Waals surface area contributed by atoms with E-state index in [2.05, 4.69) is 0 Å². The minimum Gasteiger partial charge on any atom is -0.330 e. The summed E-state index contributed by atoms with van der Waals surface area (Å²) in [6.07, 6.45) is 0.477. The van der Waals surface area contributed by atoms with Gasteiger partial charge < -0.3 is 5.73 Å². The summed E-state index contributed by atoms with van der Waals surface area (Å²) in [6, 6.07) is 6.15. The number of halogens is 2. The van der Waals surface area contributed by atoms with Gasteiger partial charge in [0.05, 0.1) is 10.6 Å². The molecule has 2 N–H and O–H groups in total. The predicted molar refractivity (Wildman–Crippen MR) is 64.4 cm³/mol. The summed E-state index contributed by atoms with van der Waals surface area (Å²) in [6.45, 7) is 0.382. The van der Waals surface area contributed by atoms with Crippen LogP contribution in [0.3, 0.4) is 0 Å². The van der Waals surface area contributed by atoms with Crippen LogP contribution in [0.2, 0.25) is 5.02 Å². The van der Waals surface area contributed by atoms with E-state index in [0.29, 0.717) is 22.9 Å². The molecular weight excluding hydrogens is 257 g/mol. The van der Waals surface area contributed by atoms with Crippen LogP contribution in [0.5, 0.6) is 0 Å². The van der Waals surface area contributed by atoms with E-state index >= 15 is 0 Å². The van der Waals surface area contributed by atoms with Crippen molar-refractivity contribution in [2.45, 2.75) is 11.3 Å². The highest BCUT2D eigenvalue weighted by atomic mass is 35.5. The van der Waals surface area contributed by atoms with Gasteiger partial charge in [0.25, 0.3) is 0 Å². The average Bonchev–Trinajstić information content (AvgIpc) is 2.16. The van der Waals surface area contributed by atoms with Crippen LogP contribution in [0.25, 0.3) is 0 Å². The van der Waals surface area contributed by atoms with E-state index in [4.69, 9.17) is 17.3 Å². The van der Waals surface area contributed by atoms with Crippen LogP contribution in [0.4, 0.5) is 0 Å². The second kappa shape index (κ2) is 6.33. The van der Waals surface area contributed by atoms with Crippen molar-refractivity contribution in [3.05, 3.63) is 29.3 Å². The monoisotopic (exact) mass is 269 g/mol. The second-order valence-electron chi connectivity index (χ2n) is 2.92. The molecule has 0 spiro atoms. The number of rotatable bonds is 4. The average molecular weight is 270 g/mol. The molecule has 0 unspecified atom stereocenters. The van der Waals surface area contributed by atoms with Crippen LogP contribution >= 0.6 is 24.0 Å². The van der Waals surface area contributed by atoms with Gasteiger partial charge in [0.1, 0.15) is 0 Å². The van der Waals surface area contributed by atoms with Gasteiger partial charge in [-0.15, -0.1) is 12.4 Å². The van der Waals surface area contributed by atoms with Crippen molar-refractivity contribution in [3.8, 4) is 0 Å². The molecule has 1 rings (SSSR count). The molecule has 0 saturated carbocycles. The Morgan fingerprint density at radius 1 is 1.20 bits per heavy atom. The molecule has 3 nitrogen and oxygen atoms in total. The van der Waals surface area contributed by atoms with Crippen molar-refractivity contribution < 1.29 is 8.42 Å². The lowest BCUT2D eigenvalue weighted by molar-refractivity contribution is 0.593. The van der Waals surface area contributed by atoms with Crippen molar-refractivity contribution in [2.75, 3.05) is 12.3 Å². The Bertz CT molecular complexity index is 389. The molecule has 1 aromatic carbocycles. The van der Waals surface area contributed by atoms with Gasteiger partial charge in [0.15, 0.2) is 9.84 Å². The summed E-state index contributed by atoms with van der Waals surface area (Å²) in [7, 11) is -3.18. The quantitative estimate of drug-likeness (QED) is 0.908. The number of sulfone groups is 1. The number of benzene rings is 1. The summed E-state index contributed by atoms with van der Waals surface area (Å²) in [5, 5.41) is 0.530. The third-order valence-electron chi connectivity index (χ3n) is 1.79. The molecule has 15 heavy (non-hydrogen) atoms. The Morgan fingerprint density at radius 2 is 1.73 bits per heavy atom. The van der Waals surface area contributed by atoms with Crippen LogP contribution in [-0.2, 0) is 9.84 Å². The van der Waals surface area contributed by atoms with Gasteiger partial charge in [-0.1, -0.05) is 11.6 Å². The van der Waals surface area contributed by atoms with Crippen molar-refractivity contribution in [1.82, 2.24) is 0 Å². The SMILES string of the molecule is Cl.NCCCS(=O)(=O)c1ccc(Cl)cc1. The predicted octanol–water partition coefficient (Wildman–Crippen LogP) is 1.88. The van der Waals surface area contributed by atoms with E-state index in [1.54, 1.807) is 12.1 Å². The number of hydrogen-bond acceptors (Lipinski definition) is 3. The fourth-order valence-corrected chi connectivity index (χ4v) is 2.49. The van der Waals surface area contributed by atoms with Crippen molar-refractivity contribution >= 4 is 33.8 Å². The van der Waals surface area contributed by atoms with E-state index < -0.39 is 9.84 Å². The zero-order chi connectivity index (χ0) is 10.6. The lowest BCUT2D eigenvalue weighted by atomic mass is 10.4. The fraction of sp³-hybridized carbons (Fsp3) is 0.333. The largest absolute Gasteiger partial charge is 0.330 e. The topological polar surface area (TPSA) is 60.2 Å². The molecule has 0 fully saturated rings. The fourth-order valence-electron chi connectivity index (χ4n) is 1.03. The van der Waals surface area contributed by atoms with E-state index in [9.17, 15) is 8.42 Å². The smallest absolute Gasteiger partial charge is 0.178 e. The van der Waals surface area contributed by atoms with Crippen LogP contribution in [0.15, 0.2) is 29.2 Å². The summed E-state index contributed by atoms with van der Waals surface area (Å²) < 4.78 is 23.2. The van der Waals surface area contributed by atoms with Gasteiger partial charge >= 0.3 is 0 Å². The molecular formula is C9H13Cl2NO2S. The highest BCUT2D eigenvalue weighted by molar-refractivity contribution is 7.91. The van der Waals surface area contributed by atoms with Crippen LogP contribution in [-0.4, -0.2) is 20.7 Å². The van der Waals surface area contributed by atoms with Gasteiger partial charge in [-0.25, -0.2) is 8.42 Å². The molecule has 0 aliphatic rings. The van der Waals surface area contributed by atoms with Gasteiger partial charge in [-0.2, -0.15) is 0 Å². The number of nitrogens with two attached hydrogens (primary N) is 1. The first kappa shape index (κ1) is 14.7. The van der Waals surface area contributed by atoms with Crippen molar-refractivity contribution in [1.29, 1.82) is 0 Å². The second-order valence-corrected chi connectivity index (χ2v) is 5.46. The standard InChI is InChI=1S/C9H12ClNO2S.ClH/c10-8-2-4-9(5-3-8)14(12,13)7-1-6-11;/h2-5H,1,6-7,11H2;1H. The summed E-state index contributed by atoms with van der Waals surface area (Å²) in [4.78, 5) is 0.301. The van der Waals surface area contributed by atoms with Crippen molar-refractivity contribution in [3.63, 3.8) is 0 Å². The number of hydrogen-bond donors (Lipinski definition) is 1. The highest BCUT2D eigenvalue weighted by Crippen LogP contribution is 2.15. The lowest BCUT2D eigenvalue weighted by Crippen LogP contribution is -2.11. The summed E-state index contributed by atoms with van der Waals surface area (Å²) in [5.41, 5.74) is 5.25. The van der Waals surface area contributed by atoms with E-state index in [1.807, 2.05) is 0 Å². The van der Waals surface area contributed by atoms with E-state index in [-0.39, 0.29) is 18.2 Å². The minimum atomic E-state index is -3.18. The molecule has 0 atom stereocenters.